The van der Waals surface area contributed by atoms with Crippen LogP contribution in [0, 0.1) is 23.1 Å². The highest BCUT2D eigenvalue weighted by atomic mass is 19.1. The van der Waals surface area contributed by atoms with Gasteiger partial charge in [-0.2, -0.15) is 0 Å². The van der Waals surface area contributed by atoms with Crippen molar-refractivity contribution in [1.29, 1.82) is 0 Å². The van der Waals surface area contributed by atoms with Gasteiger partial charge in [0, 0.05) is 25.2 Å². The van der Waals surface area contributed by atoms with Gasteiger partial charge in [0.15, 0.2) is 0 Å². The van der Waals surface area contributed by atoms with Crippen molar-refractivity contribution in [3.63, 3.8) is 0 Å². The second-order valence-corrected chi connectivity index (χ2v) is 9.61. The van der Waals surface area contributed by atoms with Gasteiger partial charge in [-0.25, -0.2) is 9.87 Å². The molecule has 1 saturated heterocycles. The zero-order valence-corrected chi connectivity index (χ0v) is 20.3. The zero-order valence-electron chi connectivity index (χ0n) is 20.3. The van der Waals surface area contributed by atoms with Crippen LogP contribution in [0.5, 0.6) is 0 Å². The number of amides is 3. The molecule has 2 atom stereocenters. The molecule has 0 spiro atoms. The van der Waals surface area contributed by atoms with Crippen molar-refractivity contribution >= 4 is 17.7 Å². The molecule has 1 fully saturated rings. The maximum atomic E-state index is 13.7. The maximum Gasteiger partial charge on any atom is 0.251 e. The van der Waals surface area contributed by atoms with Crippen molar-refractivity contribution in [2.45, 2.75) is 39.5 Å². The fourth-order valence-electron chi connectivity index (χ4n) is 5.13. The first-order chi connectivity index (χ1) is 16.8. The molecular weight excluding hydrogens is 449 g/mol. The molecule has 0 aromatic heterocycles. The van der Waals surface area contributed by atoms with Crippen LogP contribution in [0.1, 0.15) is 49.0 Å². The Morgan fingerprint density at radius 3 is 2.43 bits per heavy atom. The summed E-state index contributed by atoms with van der Waals surface area (Å²) in [5.41, 5.74) is 2.22. The fourth-order valence-corrected chi connectivity index (χ4v) is 5.13. The fraction of sp³-hybridized carbons (Fsp3) is 0.444. The first kappa shape index (κ1) is 26.3. The lowest BCUT2D eigenvalue weighted by atomic mass is 9.67. The lowest BCUT2D eigenvalue weighted by molar-refractivity contribution is -0.149. The minimum atomic E-state index is -0.960. The van der Waals surface area contributed by atoms with Gasteiger partial charge in [-0.1, -0.05) is 44.2 Å². The third kappa shape index (κ3) is 6.45. The van der Waals surface area contributed by atoms with Crippen LogP contribution in [0.3, 0.4) is 0 Å². The Bertz CT molecular complexity index is 1010. The van der Waals surface area contributed by atoms with E-state index in [1.54, 1.807) is 5.48 Å². The summed E-state index contributed by atoms with van der Waals surface area (Å²) in [5.74, 6) is -2.20. The van der Waals surface area contributed by atoms with Gasteiger partial charge in [-0.05, 0) is 61.4 Å². The van der Waals surface area contributed by atoms with Crippen molar-refractivity contribution in [2.24, 2.45) is 17.3 Å². The molecule has 0 bridgehead atoms. The number of rotatable bonds is 11. The van der Waals surface area contributed by atoms with E-state index in [2.05, 4.69) is 5.32 Å². The summed E-state index contributed by atoms with van der Waals surface area (Å²) < 4.78 is 13.1. The number of hydrogen-bond acceptors (Lipinski definition) is 4. The predicted octanol–water partition coefficient (Wildman–Crippen LogP) is 3.57. The third-order valence-corrected chi connectivity index (χ3v) is 6.75. The van der Waals surface area contributed by atoms with E-state index in [4.69, 9.17) is 0 Å². The van der Waals surface area contributed by atoms with Gasteiger partial charge in [-0.15, -0.1) is 0 Å². The summed E-state index contributed by atoms with van der Waals surface area (Å²) in [4.78, 5) is 40.8. The number of halogens is 1. The number of nitrogens with one attached hydrogen (secondary N) is 2. The number of hydroxylamine groups is 1. The van der Waals surface area contributed by atoms with Crippen LogP contribution in [0.15, 0.2) is 54.6 Å². The number of carbonyl (C=O) groups is 3. The van der Waals surface area contributed by atoms with Gasteiger partial charge in [-0.3, -0.25) is 19.6 Å². The number of hydrogen-bond donors (Lipinski definition) is 3. The summed E-state index contributed by atoms with van der Waals surface area (Å²) in [5, 5.41) is 12.2. The Hall–Kier alpha value is -3.26. The van der Waals surface area contributed by atoms with Crippen LogP contribution in [-0.4, -0.2) is 47.5 Å². The van der Waals surface area contributed by atoms with Gasteiger partial charge < -0.3 is 10.2 Å². The normalized spacial score (nSPS) is 18.5. The first-order valence-electron chi connectivity index (χ1n) is 12.1. The number of likely N-dealkylation sites (tertiary alicyclic amines) is 1. The highest BCUT2D eigenvalue weighted by Crippen LogP contribution is 2.46. The Kier molecular flexibility index (Phi) is 8.98. The quantitative estimate of drug-likeness (QED) is 0.336. The molecule has 3 N–H and O–H groups in total. The standard InChI is InChI=1S/C27H34FN3O4/c1-19(2)18-27(14-17-31(26(27)34)16-13-20-6-4-3-5-7-20)23(25(33)30-35)12-15-29-24(32)21-8-10-22(28)11-9-21/h3-11,19,23,35H,12-18H2,1-2H3,(H,29,32)(H,30,33)/t23?,27-/m1/s1. The molecule has 1 aliphatic rings. The van der Waals surface area contributed by atoms with E-state index in [0.717, 1.165) is 12.0 Å². The smallest absolute Gasteiger partial charge is 0.251 e. The lowest BCUT2D eigenvalue weighted by Crippen LogP contribution is -2.48. The van der Waals surface area contributed by atoms with Crippen molar-refractivity contribution in [3.05, 3.63) is 71.5 Å². The van der Waals surface area contributed by atoms with Gasteiger partial charge in [0.05, 0.1) is 11.3 Å². The molecule has 7 nitrogen and oxygen atoms in total. The van der Waals surface area contributed by atoms with E-state index in [-0.39, 0.29) is 24.8 Å². The van der Waals surface area contributed by atoms with E-state index < -0.39 is 29.0 Å². The second-order valence-electron chi connectivity index (χ2n) is 9.61. The molecular formula is C27H34FN3O4. The molecule has 35 heavy (non-hydrogen) atoms. The molecule has 2 aromatic carbocycles. The summed E-state index contributed by atoms with van der Waals surface area (Å²) in [7, 11) is 0. The minimum absolute atomic E-state index is 0.0828. The largest absolute Gasteiger partial charge is 0.352 e. The van der Waals surface area contributed by atoms with Gasteiger partial charge >= 0.3 is 0 Å². The van der Waals surface area contributed by atoms with Crippen molar-refractivity contribution in [1.82, 2.24) is 15.7 Å². The van der Waals surface area contributed by atoms with Crippen molar-refractivity contribution in [3.8, 4) is 0 Å². The molecule has 1 unspecified atom stereocenters. The Balaban J connectivity index is 1.73. The van der Waals surface area contributed by atoms with E-state index in [1.165, 1.54) is 24.3 Å². The van der Waals surface area contributed by atoms with Crippen LogP contribution >= 0.6 is 0 Å². The molecule has 1 heterocycles. The zero-order chi connectivity index (χ0) is 25.4. The molecule has 0 aliphatic carbocycles. The highest BCUT2D eigenvalue weighted by Gasteiger charge is 2.54. The predicted molar refractivity (Wildman–Crippen MR) is 130 cm³/mol. The van der Waals surface area contributed by atoms with Crippen LogP contribution in [0.2, 0.25) is 0 Å². The van der Waals surface area contributed by atoms with Crippen LogP contribution in [0.4, 0.5) is 4.39 Å². The van der Waals surface area contributed by atoms with E-state index in [0.29, 0.717) is 31.5 Å². The molecule has 3 rings (SSSR count). The summed E-state index contributed by atoms with van der Waals surface area (Å²) in [6.45, 7) is 5.23. The van der Waals surface area contributed by atoms with E-state index in [1.807, 2.05) is 49.1 Å². The topological polar surface area (TPSA) is 98.7 Å². The number of nitrogens with zero attached hydrogens (tertiary/aromatic N) is 1. The highest BCUT2D eigenvalue weighted by molar-refractivity contribution is 5.94. The van der Waals surface area contributed by atoms with E-state index in [9.17, 15) is 24.0 Å². The Morgan fingerprint density at radius 2 is 1.80 bits per heavy atom. The van der Waals surface area contributed by atoms with Crippen molar-refractivity contribution < 1.29 is 24.0 Å². The van der Waals surface area contributed by atoms with Gasteiger partial charge in [0.1, 0.15) is 5.82 Å². The lowest BCUT2D eigenvalue weighted by Gasteiger charge is -2.36. The number of carbonyl (C=O) groups excluding carboxylic acids is 3. The summed E-state index contributed by atoms with van der Waals surface area (Å²) in [6.07, 6.45) is 1.90. The monoisotopic (exact) mass is 483 g/mol. The average molecular weight is 484 g/mol. The minimum Gasteiger partial charge on any atom is -0.352 e. The van der Waals surface area contributed by atoms with Crippen LogP contribution in [0.25, 0.3) is 0 Å². The molecule has 0 saturated carbocycles. The Morgan fingerprint density at radius 1 is 1.11 bits per heavy atom. The van der Waals surface area contributed by atoms with Crippen LogP contribution in [-0.2, 0) is 16.0 Å². The first-order valence-corrected chi connectivity index (χ1v) is 12.1. The second kappa shape index (κ2) is 11.9. The maximum absolute atomic E-state index is 13.7. The van der Waals surface area contributed by atoms with Crippen molar-refractivity contribution in [2.75, 3.05) is 19.6 Å². The molecule has 188 valence electrons. The molecule has 0 radical (unpaired) electrons. The molecule has 8 heteroatoms. The summed E-state index contributed by atoms with van der Waals surface area (Å²) in [6, 6.07) is 15.1. The Labute approximate surface area is 205 Å². The van der Waals surface area contributed by atoms with Gasteiger partial charge in [0.25, 0.3) is 5.91 Å². The summed E-state index contributed by atoms with van der Waals surface area (Å²) >= 11 is 0. The average Bonchev–Trinajstić information content (AvgIpc) is 3.16. The molecule has 1 aliphatic heterocycles. The molecule has 3 amide bonds. The van der Waals surface area contributed by atoms with Crippen LogP contribution < -0.4 is 10.8 Å². The number of benzene rings is 2. The SMILES string of the molecule is CC(C)C[C@@]1(C(CCNC(=O)c2ccc(F)cc2)C(=O)NO)CCN(CCc2ccccc2)C1=O. The van der Waals surface area contributed by atoms with Gasteiger partial charge in [0.2, 0.25) is 11.8 Å². The van der Waals surface area contributed by atoms with E-state index >= 15 is 0 Å². The third-order valence-electron chi connectivity index (χ3n) is 6.75. The molecule has 2 aromatic rings.